The number of nitrogens with one attached hydrogen (secondary N) is 1. The van der Waals surface area contributed by atoms with Crippen molar-refractivity contribution in [1.82, 2.24) is 9.88 Å². The number of benzene rings is 1. The lowest BCUT2D eigenvalue weighted by Crippen LogP contribution is -2.49. The molecule has 196 valence electrons. The number of hydrogen-bond donors (Lipinski definition) is 1. The van der Waals surface area contributed by atoms with Crippen LogP contribution in [0, 0.1) is 5.92 Å². The number of carbonyl (C=O) groups excluding carboxylic acids is 2. The third-order valence-corrected chi connectivity index (χ3v) is 6.77. The molecule has 0 aliphatic carbocycles. The molecule has 2 amide bonds. The fourth-order valence-corrected chi connectivity index (χ4v) is 4.72. The topological polar surface area (TPSA) is 77.9 Å². The molecule has 2 aromatic rings. The van der Waals surface area contributed by atoms with Gasteiger partial charge in [-0.1, -0.05) is 17.7 Å². The highest BCUT2D eigenvalue weighted by atomic mass is 19.4. The normalized spacial score (nSPS) is 18.6. The lowest BCUT2D eigenvalue weighted by Gasteiger charge is -2.37. The second kappa shape index (κ2) is 11.1. The molecule has 0 bridgehead atoms. The summed E-state index contributed by atoms with van der Waals surface area (Å²) in [5.41, 5.74) is 2.14. The summed E-state index contributed by atoms with van der Waals surface area (Å²) in [4.78, 5) is 37.7. The summed E-state index contributed by atoms with van der Waals surface area (Å²) in [5, 5.41) is 2.55. The Bertz CT molecular complexity index is 1220. The molecular formula is C27H30F3N5O2. The number of alkyl halides is 3. The first-order valence-electron chi connectivity index (χ1n) is 12.3. The number of para-hydroxylation sites is 1. The zero-order valence-corrected chi connectivity index (χ0v) is 20.9. The second-order valence-corrected chi connectivity index (χ2v) is 9.37. The fraction of sp³-hybridized carbons (Fsp3) is 0.407. The maximum atomic E-state index is 13.0. The number of rotatable bonds is 5. The van der Waals surface area contributed by atoms with Crippen molar-refractivity contribution >= 4 is 28.9 Å². The highest BCUT2D eigenvalue weighted by Gasteiger charge is 2.33. The van der Waals surface area contributed by atoms with Crippen molar-refractivity contribution in [3.05, 3.63) is 65.5 Å². The van der Waals surface area contributed by atoms with Gasteiger partial charge in [-0.05, 0) is 56.5 Å². The SMILES string of the molecule is CC1=CC(C)=NCCC1CC(=O)N1CCN(c2ccccc2C(=O)Nc2ccnc(C(F)(F)F)c2)CC1. The number of aliphatic imine (C=N–C) groups is 1. The van der Waals surface area contributed by atoms with Crippen LogP contribution in [-0.4, -0.2) is 60.1 Å². The highest BCUT2D eigenvalue weighted by molar-refractivity contribution is 6.08. The van der Waals surface area contributed by atoms with Gasteiger partial charge in [0.1, 0.15) is 5.69 Å². The van der Waals surface area contributed by atoms with E-state index in [1.54, 1.807) is 12.1 Å². The van der Waals surface area contributed by atoms with E-state index in [1.165, 1.54) is 11.6 Å². The van der Waals surface area contributed by atoms with Gasteiger partial charge in [-0.3, -0.25) is 19.6 Å². The van der Waals surface area contributed by atoms with Gasteiger partial charge in [-0.15, -0.1) is 0 Å². The van der Waals surface area contributed by atoms with Crippen LogP contribution < -0.4 is 10.2 Å². The van der Waals surface area contributed by atoms with E-state index in [1.807, 2.05) is 28.9 Å². The first-order chi connectivity index (χ1) is 17.6. The Kier molecular flexibility index (Phi) is 7.94. The number of halogens is 3. The Morgan fingerprint density at radius 2 is 1.81 bits per heavy atom. The number of aromatic nitrogens is 1. The maximum absolute atomic E-state index is 13.0. The van der Waals surface area contributed by atoms with E-state index in [9.17, 15) is 22.8 Å². The molecule has 1 unspecified atom stereocenters. The van der Waals surface area contributed by atoms with E-state index < -0.39 is 17.8 Å². The lowest BCUT2D eigenvalue weighted by molar-refractivity contribution is -0.141. The van der Waals surface area contributed by atoms with Crippen molar-refractivity contribution in [2.75, 3.05) is 42.9 Å². The van der Waals surface area contributed by atoms with E-state index in [-0.39, 0.29) is 17.5 Å². The predicted molar refractivity (Wildman–Crippen MR) is 137 cm³/mol. The van der Waals surface area contributed by atoms with Crippen LogP contribution in [0.1, 0.15) is 42.7 Å². The summed E-state index contributed by atoms with van der Waals surface area (Å²) >= 11 is 0. The zero-order valence-electron chi connectivity index (χ0n) is 20.9. The van der Waals surface area contributed by atoms with Crippen LogP contribution in [0.5, 0.6) is 0 Å². The summed E-state index contributed by atoms with van der Waals surface area (Å²) in [6.45, 7) is 6.90. The van der Waals surface area contributed by atoms with Gasteiger partial charge < -0.3 is 15.1 Å². The summed E-state index contributed by atoms with van der Waals surface area (Å²) in [6, 6.07) is 9.09. The van der Waals surface area contributed by atoms with E-state index in [2.05, 4.69) is 28.3 Å². The lowest BCUT2D eigenvalue weighted by atomic mass is 9.92. The Balaban J connectivity index is 1.39. The van der Waals surface area contributed by atoms with Crippen LogP contribution in [0.15, 0.2) is 59.2 Å². The number of allylic oxidation sites excluding steroid dienone is 2. The number of piperazine rings is 1. The average molecular weight is 514 g/mol. The second-order valence-electron chi connectivity index (χ2n) is 9.37. The molecule has 4 rings (SSSR count). The molecule has 10 heteroatoms. The Morgan fingerprint density at radius 3 is 2.54 bits per heavy atom. The number of nitrogens with zero attached hydrogens (tertiary/aromatic N) is 4. The van der Waals surface area contributed by atoms with Gasteiger partial charge in [0, 0.05) is 62.4 Å². The molecule has 1 N–H and O–H groups in total. The minimum atomic E-state index is -4.60. The number of anilines is 2. The minimum absolute atomic E-state index is 0.0148. The van der Waals surface area contributed by atoms with Crippen molar-refractivity contribution in [1.29, 1.82) is 0 Å². The van der Waals surface area contributed by atoms with Gasteiger partial charge in [0.25, 0.3) is 5.91 Å². The van der Waals surface area contributed by atoms with Crippen LogP contribution in [0.25, 0.3) is 0 Å². The minimum Gasteiger partial charge on any atom is -0.367 e. The molecule has 1 aromatic carbocycles. The number of hydrogen-bond acceptors (Lipinski definition) is 5. The van der Waals surface area contributed by atoms with Crippen LogP contribution in [0.3, 0.4) is 0 Å². The third kappa shape index (κ3) is 6.55. The van der Waals surface area contributed by atoms with Crippen molar-refractivity contribution < 1.29 is 22.8 Å². The smallest absolute Gasteiger partial charge is 0.367 e. The molecule has 3 heterocycles. The van der Waals surface area contributed by atoms with Crippen LogP contribution in [-0.2, 0) is 11.0 Å². The summed E-state index contributed by atoms with van der Waals surface area (Å²) in [6.07, 6.45) is -0.221. The van der Waals surface area contributed by atoms with Crippen molar-refractivity contribution in [2.24, 2.45) is 10.9 Å². The fourth-order valence-electron chi connectivity index (χ4n) is 4.72. The van der Waals surface area contributed by atoms with Crippen LogP contribution in [0.2, 0.25) is 0 Å². The highest BCUT2D eigenvalue weighted by Crippen LogP contribution is 2.30. The van der Waals surface area contributed by atoms with E-state index >= 15 is 0 Å². The zero-order chi connectivity index (χ0) is 26.6. The van der Waals surface area contributed by atoms with Crippen molar-refractivity contribution in [3.8, 4) is 0 Å². The quantitative estimate of drug-likeness (QED) is 0.622. The van der Waals surface area contributed by atoms with E-state index in [4.69, 9.17) is 0 Å². The Hall–Kier alpha value is -3.69. The molecule has 7 nitrogen and oxygen atoms in total. The van der Waals surface area contributed by atoms with Gasteiger partial charge in [0.05, 0.1) is 5.56 Å². The number of pyridine rings is 1. The first kappa shape index (κ1) is 26.4. The Labute approximate surface area is 214 Å². The summed E-state index contributed by atoms with van der Waals surface area (Å²) in [7, 11) is 0. The van der Waals surface area contributed by atoms with Gasteiger partial charge in [0.15, 0.2) is 0 Å². The van der Waals surface area contributed by atoms with Gasteiger partial charge in [-0.25, -0.2) is 0 Å². The monoisotopic (exact) mass is 513 g/mol. The van der Waals surface area contributed by atoms with Crippen LogP contribution >= 0.6 is 0 Å². The van der Waals surface area contributed by atoms with Gasteiger partial charge >= 0.3 is 6.18 Å². The van der Waals surface area contributed by atoms with E-state index in [0.29, 0.717) is 43.9 Å². The molecule has 0 spiro atoms. The number of amides is 2. The Morgan fingerprint density at radius 1 is 1.08 bits per heavy atom. The van der Waals surface area contributed by atoms with Gasteiger partial charge in [-0.2, -0.15) is 13.2 Å². The van der Waals surface area contributed by atoms with Crippen molar-refractivity contribution in [2.45, 2.75) is 32.9 Å². The molecule has 1 saturated heterocycles. The summed E-state index contributed by atoms with van der Waals surface area (Å²) < 4.78 is 39.0. The van der Waals surface area contributed by atoms with Crippen molar-refractivity contribution in [3.63, 3.8) is 0 Å². The molecule has 1 fully saturated rings. The maximum Gasteiger partial charge on any atom is 0.433 e. The molecule has 2 aliphatic heterocycles. The van der Waals surface area contributed by atoms with Gasteiger partial charge in [0.2, 0.25) is 5.91 Å². The van der Waals surface area contributed by atoms with E-state index in [0.717, 1.165) is 30.9 Å². The molecule has 0 saturated carbocycles. The third-order valence-electron chi connectivity index (χ3n) is 6.77. The largest absolute Gasteiger partial charge is 0.433 e. The predicted octanol–water partition coefficient (Wildman–Crippen LogP) is 4.82. The summed E-state index contributed by atoms with van der Waals surface area (Å²) in [5.74, 6) is -0.218. The molecule has 0 radical (unpaired) electrons. The molecule has 1 aromatic heterocycles. The molecule has 2 aliphatic rings. The molecule has 37 heavy (non-hydrogen) atoms. The first-order valence-corrected chi connectivity index (χ1v) is 12.3. The number of carbonyl (C=O) groups is 2. The van der Waals surface area contributed by atoms with Crippen LogP contribution in [0.4, 0.5) is 24.5 Å². The molecular weight excluding hydrogens is 483 g/mol. The molecule has 1 atom stereocenters. The standard InChI is InChI=1S/C27H30F3N5O2/c1-18-15-19(2)31-9-7-20(18)16-25(36)35-13-11-34(12-14-35)23-6-4-3-5-22(23)26(37)33-21-8-10-32-24(17-21)27(28,29)30/h3-6,8,10,15,17,20H,7,9,11-14,16H2,1-2H3,(H,32,33,37). The average Bonchev–Trinajstić information content (AvgIpc) is 3.03.